The summed E-state index contributed by atoms with van der Waals surface area (Å²) < 4.78 is 5.35. The number of carboxylic acids is 2. The Hall–Kier alpha value is -2.46. The summed E-state index contributed by atoms with van der Waals surface area (Å²) in [4.78, 5) is 31.3. The molecule has 0 bridgehead atoms. The van der Waals surface area contributed by atoms with Gasteiger partial charge in [-0.3, -0.25) is 0 Å². The van der Waals surface area contributed by atoms with E-state index < -0.39 is 11.9 Å². The van der Waals surface area contributed by atoms with Crippen LogP contribution in [0, 0.1) is 5.92 Å². The molecule has 9 nitrogen and oxygen atoms in total. The maximum Gasteiger partial charge on any atom is 0.414 e. The molecule has 1 aliphatic carbocycles. The Balaban J connectivity index is 0.000000380. The van der Waals surface area contributed by atoms with E-state index in [9.17, 15) is 0 Å². The van der Waals surface area contributed by atoms with E-state index in [1.807, 2.05) is 0 Å². The van der Waals surface area contributed by atoms with Crippen LogP contribution in [-0.2, 0) is 14.4 Å². The Morgan fingerprint density at radius 1 is 1.41 bits per heavy atom. The Kier molecular flexibility index (Phi) is 7.74. The number of rotatable bonds is 6. The number of carbonyl (C=O) groups is 2. The molecule has 0 spiro atoms. The van der Waals surface area contributed by atoms with Crippen molar-refractivity contribution in [2.45, 2.75) is 19.3 Å². The second kappa shape index (κ2) is 10.0. The van der Waals surface area contributed by atoms with Crippen LogP contribution in [0.5, 0.6) is 5.88 Å². The summed E-state index contributed by atoms with van der Waals surface area (Å²) in [7, 11) is 3.77. The summed E-state index contributed by atoms with van der Waals surface area (Å²) in [6.45, 7) is 2.77. The number of aliphatic carboxylic acids is 2. The molecule has 148 valence electrons. The summed E-state index contributed by atoms with van der Waals surface area (Å²) in [5, 5.41) is 19.8. The Bertz CT molecular complexity index is 714. The minimum Gasteiger partial charge on any atom is -0.480 e. The first kappa shape index (κ1) is 20.8. The van der Waals surface area contributed by atoms with Crippen LogP contribution in [0.1, 0.15) is 29.1 Å². The van der Waals surface area contributed by atoms with Crippen molar-refractivity contribution in [2.24, 2.45) is 11.1 Å². The number of hydrogen-bond donors (Lipinski definition) is 2. The molecule has 2 aliphatic rings. The van der Waals surface area contributed by atoms with E-state index in [0.717, 1.165) is 36.0 Å². The van der Waals surface area contributed by atoms with Crippen molar-refractivity contribution in [1.29, 1.82) is 0 Å². The fraction of sp³-hybridized carbons (Fsp3) is 0.529. The van der Waals surface area contributed by atoms with Gasteiger partial charge in [-0.2, -0.15) is 0 Å². The first-order valence-electron chi connectivity index (χ1n) is 8.45. The number of oxime groups is 1. The maximum absolute atomic E-state index is 9.10. The number of likely N-dealkylation sites (N-methyl/N-ethyl adjacent to an activating group) is 1. The van der Waals surface area contributed by atoms with Gasteiger partial charge in [-0.1, -0.05) is 11.2 Å². The third kappa shape index (κ3) is 6.99. The van der Waals surface area contributed by atoms with Crippen LogP contribution in [0.15, 0.2) is 11.2 Å². The molecule has 0 atom stereocenters. The normalized spacial score (nSPS) is 17.0. The first-order valence-corrected chi connectivity index (χ1v) is 9.26. The van der Waals surface area contributed by atoms with Crippen molar-refractivity contribution in [3.05, 3.63) is 16.0 Å². The molecule has 3 rings (SSSR count). The van der Waals surface area contributed by atoms with E-state index in [1.165, 1.54) is 18.4 Å². The van der Waals surface area contributed by atoms with Gasteiger partial charge in [0.2, 0.25) is 5.88 Å². The lowest BCUT2D eigenvalue weighted by atomic mass is 10.1. The Morgan fingerprint density at radius 3 is 2.67 bits per heavy atom. The van der Waals surface area contributed by atoms with Crippen molar-refractivity contribution < 1.29 is 29.4 Å². The molecular formula is C17H23N3O6S. The number of methoxy groups -OCH3 is 1. The smallest absolute Gasteiger partial charge is 0.414 e. The summed E-state index contributed by atoms with van der Waals surface area (Å²) in [5.41, 5.74) is 1.27. The average molecular weight is 397 g/mol. The van der Waals surface area contributed by atoms with Gasteiger partial charge in [-0.25, -0.2) is 14.6 Å². The Morgan fingerprint density at radius 2 is 2.11 bits per heavy atom. The highest BCUT2D eigenvalue weighted by Crippen LogP contribution is 2.31. The molecular weight excluding hydrogens is 374 g/mol. The van der Waals surface area contributed by atoms with Gasteiger partial charge >= 0.3 is 11.9 Å². The number of hydrogen-bond acceptors (Lipinski definition) is 8. The number of nitrogens with zero attached hydrogens (tertiary/aromatic N) is 3. The number of ether oxygens (including phenoxy) is 1. The average Bonchev–Trinajstić information content (AvgIpc) is 3.37. The van der Waals surface area contributed by atoms with Gasteiger partial charge in [0.25, 0.3) is 0 Å². The first-order chi connectivity index (χ1) is 12.9. The van der Waals surface area contributed by atoms with E-state index in [4.69, 9.17) is 29.4 Å². The monoisotopic (exact) mass is 397 g/mol. The summed E-state index contributed by atoms with van der Waals surface area (Å²) in [6.07, 6.45) is 7.59. The van der Waals surface area contributed by atoms with E-state index in [0.29, 0.717) is 11.8 Å². The molecule has 0 amide bonds. The van der Waals surface area contributed by atoms with Gasteiger partial charge in [0.05, 0.1) is 13.3 Å². The lowest BCUT2D eigenvalue weighted by molar-refractivity contribution is -0.159. The van der Waals surface area contributed by atoms with E-state index in [-0.39, 0.29) is 0 Å². The molecule has 1 fully saturated rings. The zero-order valence-electron chi connectivity index (χ0n) is 15.3. The zero-order chi connectivity index (χ0) is 19.8. The molecule has 27 heavy (non-hydrogen) atoms. The maximum atomic E-state index is 9.10. The summed E-state index contributed by atoms with van der Waals surface area (Å²) >= 11 is 1.61. The van der Waals surface area contributed by atoms with Crippen molar-refractivity contribution >= 4 is 35.1 Å². The van der Waals surface area contributed by atoms with Crippen LogP contribution in [-0.4, -0.2) is 72.1 Å². The standard InChI is InChI=1S/C15H21N3O2S.C2H2O4/c1-18-7-3-4-12(9-18)15-17-14(19-2)13(21-15)8-16-20-10-11-5-6-11;3-1(4)2(5)6/h4,8,11H,3,5-7,9-10H2,1-2H3;(H,3,4)(H,5,6). The second-order valence-corrected chi connectivity index (χ2v) is 7.26. The highest BCUT2D eigenvalue weighted by Gasteiger charge is 2.22. The largest absolute Gasteiger partial charge is 0.480 e. The van der Waals surface area contributed by atoms with Gasteiger partial charge in [0.1, 0.15) is 16.5 Å². The number of carboxylic acid groups (broad SMARTS) is 2. The quantitative estimate of drug-likeness (QED) is 0.423. The van der Waals surface area contributed by atoms with Crippen LogP contribution in [0.25, 0.3) is 5.57 Å². The molecule has 1 aromatic heterocycles. The molecule has 2 heterocycles. The molecule has 0 saturated heterocycles. The van der Waals surface area contributed by atoms with Gasteiger partial charge in [-0.15, -0.1) is 11.3 Å². The topological polar surface area (TPSA) is 122 Å². The lowest BCUT2D eigenvalue weighted by Gasteiger charge is -2.21. The summed E-state index contributed by atoms with van der Waals surface area (Å²) in [6, 6.07) is 0. The van der Waals surface area contributed by atoms with E-state index in [2.05, 4.69) is 28.2 Å². The fourth-order valence-corrected chi connectivity index (χ4v) is 3.18. The molecule has 0 aromatic carbocycles. The molecule has 0 radical (unpaired) electrons. The molecule has 10 heteroatoms. The van der Waals surface area contributed by atoms with Crippen LogP contribution < -0.4 is 4.74 Å². The molecule has 1 aromatic rings. The minimum absolute atomic E-state index is 0.628. The molecule has 2 N–H and O–H groups in total. The number of aromatic nitrogens is 1. The van der Waals surface area contributed by atoms with Crippen LogP contribution in [0.2, 0.25) is 0 Å². The van der Waals surface area contributed by atoms with Crippen molar-refractivity contribution in [3.8, 4) is 5.88 Å². The molecule has 1 aliphatic heterocycles. The summed E-state index contributed by atoms with van der Waals surface area (Å²) in [5.74, 6) is -2.31. The van der Waals surface area contributed by atoms with E-state index in [1.54, 1.807) is 24.7 Å². The third-order valence-electron chi connectivity index (χ3n) is 3.86. The predicted octanol–water partition coefficient (Wildman–Crippen LogP) is 1.79. The highest BCUT2D eigenvalue weighted by molar-refractivity contribution is 7.14. The third-order valence-corrected chi connectivity index (χ3v) is 4.91. The van der Waals surface area contributed by atoms with Crippen molar-refractivity contribution in [2.75, 3.05) is 33.9 Å². The van der Waals surface area contributed by atoms with Crippen molar-refractivity contribution in [3.63, 3.8) is 0 Å². The zero-order valence-corrected chi connectivity index (χ0v) is 16.1. The second-order valence-electron chi connectivity index (χ2n) is 6.23. The fourth-order valence-electron chi connectivity index (χ4n) is 2.25. The number of thiazole rings is 1. The van der Waals surface area contributed by atoms with Crippen LogP contribution in [0.4, 0.5) is 0 Å². The molecule has 1 saturated carbocycles. The predicted molar refractivity (Wildman–Crippen MR) is 100 cm³/mol. The van der Waals surface area contributed by atoms with Crippen LogP contribution in [0.3, 0.4) is 0 Å². The SMILES string of the molecule is COc1nc(C2=CCCN(C)C2)sc1C=NOCC1CC1.O=C(O)C(=O)O. The lowest BCUT2D eigenvalue weighted by Crippen LogP contribution is -2.24. The van der Waals surface area contributed by atoms with Gasteiger partial charge in [0.15, 0.2) is 0 Å². The van der Waals surface area contributed by atoms with Crippen molar-refractivity contribution in [1.82, 2.24) is 9.88 Å². The van der Waals surface area contributed by atoms with Crippen LogP contribution >= 0.6 is 11.3 Å². The van der Waals surface area contributed by atoms with Gasteiger partial charge in [-0.05, 0) is 37.8 Å². The van der Waals surface area contributed by atoms with E-state index >= 15 is 0 Å². The molecule has 0 unspecified atom stereocenters. The Labute approximate surface area is 160 Å². The van der Waals surface area contributed by atoms with Gasteiger partial charge < -0.3 is 24.7 Å². The minimum atomic E-state index is -1.82. The highest BCUT2D eigenvalue weighted by atomic mass is 32.1. The van der Waals surface area contributed by atoms with Gasteiger partial charge in [0, 0.05) is 13.1 Å².